The van der Waals surface area contributed by atoms with E-state index in [1.165, 1.54) is 0 Å². The number of hydrogen-bond acceptors (Lipinski definition) is 8. The van der Waals surface area contributed by atoms with Crippen molar-refractivity contribution >= 4 is 34.0 Å². The topological polar surface area (TPSA) is 84.4 Å². The van der Waals surface area contributed by atoms with E-state index in [4.69, 9.17) is 9.47 Å². The average molecular weight is 433 g/mol. The quantitative estimate of drug-likeness (QED) is 0.435. The van der Waals surface area contributed by atoms with Crippen molar-refractivity contribution in [2.24, 2.45) is 0 Å². The number of nitrogens with one attached hydrogen (secondary N) is 2. The summed E-state index contributed by atoms with van der Waals surface area (Å²) < 4.78 is 11.5. The molecular formula is C24H28N6O2. The number of anilines is 4. The fourth-order valence-corrected chi connectivity index (χ4v) is 3.64. The minimum absolute atomic E-state index is 0. The molecule has 166 valence electrons. The Hall–Kier alpha value is -3.91. The van der Waals surface area contributed by atoms with Gasteiger partial charge in [0, 0.05) is 39.3 Å². The number of hydrogen-bond donors (Lipinski definition) is 2. The summed E-state index contributed by atoms with van der Waals surface area (Å²) in [5, 5.41) is 7.58. The van der Waals surface area contributed by atoms with Crippen molar-refractivity contribution in [3.05, 3.63) is 67.0 Å². The van der Waals surface area contributed by atoms with E-state index in [1.807, 2.05) is 54.6 Å². The Labute approximate surface area is 189 Å². The first-order valence-corrected chi connectivity index (χ1v) is 10.4. The Morgan fingerprint density at radius 1 is 0.969 bits per heavy atom. The number of aromatic nitrogens is 3. The third kappa shape index (κ3) is 4.40. The molecule has 0 saturated carbocycles. The van der Waals surface area contributed by atoms with Crippen molar-refractivity contribution in [2.75, 3.05) is 37.9 Å². The van der Waals surface area contributed by atoms with E-state index in [2.05, 4.69) is 37.5 Å². The fraction of sp³-hybridized carbons (Fsp3) is 0.208. The van der Waals surface area contributed by atoms with E-state index in [1.54, 1.807) is 19.5 Å². The number of pyridine rings is 1. The summed E-state index contributed by atoms with van der Waals surface area (Å²) in [6.07, 6.45) is 3.69. The lowest BCUT2D eigenvalue weighted by Gasteiger charge is -2.36. The molecule has 0 radical (unpaired) electrons. The predicted molar refractivity (Wildman–Crippen MR) is 129 cm³/mol. The summed E-state index contributed by atoms with van der Waals surface area (Å²) in [7, 11) is 3.71. The monoisotopic (exact) mass is 432 g/mol. The first kappa shape index (κ1) is 20.0. The van der Waals surface area contributed by atoms with Crippen LogP contribution in [0, 0.1) is 0 Å². The summed E-state index contributed by atoms with van der Waals surface area (Å²) in [5.74, 6) is 2.54. The van der Waals surface area contributed by atoms with E-state index in [9.17, 15) is 0 Å². The van der Waals surface area contributed by atoms with Crippen molar-refractivity contribution < 1.29 is 12.3 Å². The second-order valence-corrected chi connectivity index (χ2v) is 7.76. The van der Waals surface area contributed by atoms with Crippen LogP contribution in [0.25, 0.3) is 10.9 Å². The number of nitrogens with zero attached hydrogens (tertiary/aromatic N) is 4. The SMILES string of the molecule is COc1cc(Nc2nccc(Nc3cnc4ccccc4c3)n2)ccc1OC1CN(C)C1.[HH].[HH]. The second kappa shape index (κ2) is 8.68. The van der Waals surface area contributed by atoms with E-state index < -0.39 is 0 Å². The van der Waals surface area contributed by atoms with Crippen LogP contribution >= 0.6 is 0 Å². The number of likely N-dealkylation sites (tertiary alicyclic amines) is 1. The average Bonchev–Trinajstić information content (AvgIpc) is 2.79. The zero-order chi connectivity index (χ0) is 21.9. The van der Waals surface area contributed by atoms with Gasteiger partial charge in [-0.15, -0.1) is 0 Å². The van der Waals surface area contributed by atoms with Crippen LogP contribution in [0.2, 0.25) is 0 Å². The highest BCUT2D eigenvalue weighted by Crippen LogP contribution is 2.33. The molecule has 0 aliphatic carbocycles. The Bertz CT molecular complexity index is 1250. The normalized spacial score (nSPS) is 14.1. The molecule has 5 rings (SSSR count). The Morgan fingerprint density at radius 3 is 2.69 bits per heavy atom. The second-order valence-electron chi connectivity index (χ2n) is 7.76. The molecule has 1 aliphatic rings. The van der Waals surface area contributed by atoms with Gasteiger partial charge in [0.25, 0.3) is 0 Å². The highest BCUT2D eigenvalue weighted by Gasteiger charge is 2.25. The summed E-state index contributed by atoms with van der Waals surface area (Å²) >= 11 is 0. The summed E-state index contributed by atoms with van der Waals surface area (Å²) in [6.45, 7) is 1.84. The number of benzene rings is 2. The maximum Gasteiger partial charge on any atom is 0.229 e. The first-order chi connectivity index (χ1) is 15.7. The third-order valence-corrected chi connectivity index (χ3v) is 5.26. The van der Waals surface area contributed by atoms with Crippen molar-refractivity contribution in [3.8, 4) is 11.5 Å². The Morgan fingerprint density at radius 2 is 1.84 bits per heavy atom. The molecule has 8 nitrogen and oxygen atoms in total. The van der Waals surface area contributed by atoms with Crippen molar-refractivity contribution in [1.29, 1.82) is 0 Å². The van der Waals surface area contributed by atoms with E-state index >= 15 is 0 Å². The number of para-hydroxylation sites is 1. The molecule has 32 heavy (non-hydrogen) atoms. The molecule has 0 bridgehead atoms. The molecule has 4 aromatic rings. The smallest absolute Gasteiger partial charge is 0.229 e. The van der Waals surface area contributed by atoms with Crippen molar-refractivity contribution in [3.63, 3.8) is 0 Å². The number of likely N-dealkylation sites (N-methyl/N-ethyl adjacent to an activating group) is 1. The number of ether oxygens (including phenoxy) is 2. The van der Waals surface area contributed by atoms with E-state index in [-0.39, 0.29) is 8.96 Å². The molecular weight excluding hydrogens is 404 g/mol. The van der Waals surface area contributed by atoms with Crippen LogP contribution in [0.1, 0.15) is 2.85 Å². The minimum Gasteiger partial charge on any atom is -0.493 e. The maximum atomic E-state index is 6.02. The molecule has 2 aromatic heterocycles. The minimum atomic E-state index is 0. The van der Waals surface area contributed by atoms with Crippen LogP contribution < -0.4 is 20.1 Å². The number of methoxy groups -OCH3 is 1. The molecule has 2 aromatic carbocycles. The van der Waals surface area contributed by atoms with Crippen molar-refractivity contribution in [1.82, 2.24) is 19.9 Å². The van der Waals surface area contributed by atoms with Crippen LogP contribution in [0.5, 0.6) is 11.5 Å². The van der Waals surface area contributed by atoms with Gasteiger partial charge in [0.15, 0.2) is 11.5 Å². The molecule has 0 unspecified atom stereocenters. The molecule has 0 spiro atoms. The highest BCUT2D eigenvalue weighted by atomic mass is 16.5. The molecule has 0 atom stereocenters. The fourth-order valence-electron chi connectivity index (χ4n) is 3.64. The van der Waals surface area contributed by atoms with Crippen molar-refractivity contribution in [2.45, 2.75) is 6.10 Å². The number of fused-ring (bicyclic) bond motifs is 1. The van der Waals surface area contributed by atoms with Gasteiger partial charge in [-0.1, -0.05) is 18.2 Å². The lowest BCUT2D eigenvalue weighted by atomic mass is 10.2. The zero-order valence-electron chi connectivity index (χ0n) is 17.9. The summed E-state index contributed by atoms with van der Waals surface area (Å²) in [5.41, 5.74) is 2.62. The van der Waals surface area contributed by atoms with Gasteiger partial charge in [-0.05, 0) is 37.4 Å². The van der Waals surface area contributed by atoms with Gasteiger partial charge in [0.1, 0.15) is 11.9 Å². The maximum absolute atomic E-state index is 6.02. The summed E-state index contributed by atoms with van der Waals surface area (Å²) in [4.78, 5) is 15.6. The molecule has 3 heterocycles. The highest BCUT2D eigenvalue weighted by molar-refractivity contribution is 5.82. The van der Waals surface area contributed by atoms with E-state index in [0.29, 0.717) is 17.5 Å². The van der Waals surface area contributed by atoms with Crippen LogP contribution in [0.3, 0.4) is 0 Å². The van der Waals surface area contributed by atoms with Gasteiger partial charge in [-0.25, -0.2) is 4.98 Å². The lowest BCUT2D eigenvalue weighted by molar-refractivity contribution is 0.0370. The van der Waals surface area contributed by atoms with Crippen LogP contribution in [-0.4, -0.2) is 53.2 Å². The Balaban J connectivity index is 0.00000162. The summed E-state index contributed by atoms with van der Waals surface area (Å²) in [6, 6.07) is 17.6. The van der Waals surface area contributed by atoms with Crippen LogP contribution in [-0.2, 0) is 0 Å². The molecule has 1 saturated heterocycles. The van der Waals surface area contributed by atoms with Gasteiger partial charge in [0.05, 0.1) is 24.5 Å². The largest absolute Gasteiger partial charge is 0.493 e. The lowest BCUT2D eigenvalue weighted by Crippen LogP contribution is -2.51. The van der Waals surface area contributed by atoms with E-state index in [0.717, 1.165) is 41.1 Å². The molecule has 1 aliphatic heterocycles. The van der Waals surface area contributed by atoms with Gasteiger partial charge >= 0.3 is 0 Å². The Kier molecular flexibility index (Phi) is 5.43. The van der Waals surface area contributed by atoms with Gasteiger partial charge < -0.3 is 20.1 Å². The molecule has 1 fully saturated rings. The van der Waals surface area contributed by atoms with Crippen LogP contribution in [0.15, 0.2) is 67.0 Å². The van der Waals surface area contributed by atoms with Gasteiger partial charge in [0.2, 0.25) is 5.95 Å². The molecule has 0 amide bonds. The zero-order valence-corrected chi connectivity index (χ0v) is 17.9. The van der Waals surface area contributed by atoms with Gasteiger partial charge in [-0.3, -0.25) is 9.88 Å². The molecule has 2 N–H and O–H groups in total. The first-order valence-electron chi connectivity index (χ1n) is 10.4. The third-order valence-electron chi connectivity index (χ3n) is 5.26. The number of rotatable bonds is 7. The standard InChI is InChI=1S/C24H24N6O2.2H2/c1-30-14-19(15-30)32-21-8-7-17(12-22(21)31-2)28-24-25-10-9-23(29-24)27-18-11-16-5-3-4-6-20(16)26-13-18;;/h3-13,19H,14-15H2,1-2H3,(H2,25,27,28,29);2*1H. The van der Waals surface area contributed by atoms with Crippen LogP contribution in [0.4, 0.5) is 23.1 Å². The molecule has 8 heteroatoms. The predicted octanol–water partition coefficient (Wildman–Crippen LogP) is 4.71. The van der Waals surface area contributed by atoms with Gasteiger partial charge in [-0.2, -0.15) is 4.98 Å².